The van der Waals surface area contributed by atoms with Gasteiger partial charge >= 0.3 is 6.03 Å². The second kappa shape index (κ2) is 7.04. The number of hydrogen-bond acceptors (Lipinski definition) is 4. The van der Waals surface area contributed by atoms with Gasteiger partial charge in [-0.25, -0.2) is 9.18 Å². The monoisotopic (exact) mass is 342 g/mol. The topological polar surface area (TPSA) is 76.7 Å². The summed E-state index contributed by atoms with van der Waals surface area (Å²) in [5, 5.41) is 4.54. The molecule has 0 unspecified atom stereocenters. The molecule has 0 bridgehead atoms. The third kappa shape index (κ3) is 3.95. The van der Waals surface area contributed by atoms with Gasteiger partial charge in [-0.2, -0.15) is 0 Å². The van der Waals surface area contributed by atoms with Gasteiger partial charge in [-0.15, -0.1) is 0 Å². The van der Waals surface area contributed by atoms with Crippen molar-refractivity contribution in [2.45, 2.75) is 6.61 Å². The molecule has 0 aliphatic carbocycles. The number of imide groups is 1. The van der Waals surface area contributed by atoms with Crippen molar-refractivity contribution < 1.29 is 23.5 Å². The summed E-state index contributed by atoms with van der Waals surface area (Å²) in [5.74, 6) is 0.117. The second-order valence-electron chi connectivity index (χ2n) is 5.30. The smallest absolute Gasteiger partial charge is 0.326 e. The zero-order chi connectivity index (χ0) is 17.8. The lowest BCUT2D eigenvalue weighted by Gasteiger charge is -2.11. The molecule has 2 aromatic carbocycles. The molecule has 0 spiro atoms. The van der Waals surface area contributed by atoms with Crippen molar-refractivity contribution in [1.29, 1.82) is 0 Å². The number of rotatable bonds is 5. The summed E-state index contributed by atoms with van der Waals surface area (Å²) in [6.45, 7) is 0.188. The molecule has 1 saturated heterocycles. The molecule has 25 heavy (non-hydrogen) atoms. The van der Waals surface area contributed by atoms with Crippen LogP contribution in [0.4, 0.5) is 9.18 Å². The van der Waals surface area contributed by atoms with Crippen LogP contribution in [0.2, 0.25) is 0 Å². The summed E-state index contributed by atoms with van der Waals surface area (Å²) >= 11 is 0. The Morgan fingerprint density at radius 1 is 1.08 bits per heavy atom. The minimum atomic E-state index is -0.557. The Labute approximate surface area is 143 Å². The largest absolute Gasteiger partial charge is 0.493 e. The van der Waals surface area contributed by atoms with Crippen LogP contribution in [0.3, 0.4) is 0 Å². The van der Waals surface area contributed by atoms with Gasteiger partial charge in [-0.3, -0.25) is 10.1 Å². The quantitative estimate of drug-likeness (QED) is 0.647. The van der Waals surface area contributed by atoms with E-state index in [4.69, 9.17) is 9.47 Å². The van der Waals surface area contributed by atoms with Crippen LogP contribution < -0.4 is 20.1 Å². The van der Waals surface area contributed by atoms with E-state index in [2.05, 4.69) is 10.6 Å². The van der Waals surface area contributed by atoms with Gasteiger partial charge < -0.3 is 14.8 Å². The predicted molar refractivity (Wildman–Crippen MR) is 88.4 cm³/mol. The average Bonchev–Trinajstić information content (AvgIpc) is 2.91. The first-order valence-corrected chi connectivity index (χ1v) is 7.44. The molecule has 2 aromatic rings. The number of amides is 3. The van der Waals surface area contributed by atoms with E-state index in [0.29, 0.717) is 22.6 Å². The molecule has 7 heteroatoms. The third-order valence-corrected chi connectivity index (χ3v) is 3.50. The molecule has 0 atom stereocenters. The lowest BCUT2D eigenvalue weighted by atomic mass is 10.1. The number of benzene rings is 2. The van der Waals surface area contributed by atoms with E-state index >= 15 is 0 Å². The highest BCUT2D eigenvalue weighted by Crippen LogP contribution is 2.29. The number of nitrogens with one attached hydrogen (secondary N) is 2. The van der Waals surface area contributed by atoms with Gasteiger partial charge in [0.05, 0.1) is 7.11 Å². The number of ether oxygens (including phenoxy) is 2. The van der Waals surface area contributed by atoms with E-state index in [-0.39, 0.29) is 18.1 Å². The Bertz CT molecular complexity index is 864. The first kappa shape index (κ1) is 16.5. The summed E-state index contributed by atoms with van der Waals surface area (Å²) in [5.41, 5.74) is 1.50. The number of hydrogen-bond donors (Lipinski definition) is 2. The SMILES string of the molecule is COc1cc(/C=C2/NC(=O)NC2=O)ccc1OCc1cccc(F)c1. The molecule has 1 aliphatic heterocycles. The van der Waals surface area contributed by atoms with Crippen LogP contribution in [-0.2, 0) is 11.4 Å². The molecule has 0 saturated carbocycles. The lowest BCUT2D eigenvalue weighted by Crippen LogP contribution is -2.22. The number of methoxy groups -OCH3 is 1. The molecule has 0 radical (unpaired) electrons. The maximum Gasteiger partial charge on any atom is 0.326 e. The molecule has 2 N–H and O–H groups in total. The van der Waals surface area contributed by atoms with Gasteiger partial charge in [-0.05, 0) is 41.5 Å². The van der Waals surface area contributed by atoms with E-state index in [1.807, 2.05) is 0 Å². The molecule has 6 nitrogen and oxygen atoms in total. The standard InChI is InChI=1S/C18H15FN2O4/c1-24-16-9-11(8-14-17(22)21-18(23)20-14)5-6-15(16)25-10-12-3-2-4-13(19)7-12/h2-9H,10H2,1H3,(H2,20,21,22,23)/b14-8+. The predicted octanol–water partition coefficient (Wildman–Crippen LogP) is 2.59. The Kier molecular flexibility index (Phi) is 4.65. The average molecular weight is 342 g/mol. The molecule has 3 amide bonds. The van der Waals surface area contributed by atoms with Gasteiger partial charge in [-0.1, -0.05) is 18.2 Å². The Balaban J connectivity index is 1.77. The van der Waals surface area contributed by atoms with Crippen molar-refractivity contribution in [3.05, 3.63) is 65.1 Å². The molecule has 1 fully saturated rings. The summed E-state index contributed by atoms with van der Waals surface area (Å²) in [6.07, 6.45) is 1.53. The van der Waals surface area contributed by atoms with Crippen molar-refractivity contribution in [3.63, 3.8) is 0 Å². The van der Waals surface area contributed by atoms with Crippen molar-refractivity contribution in [1.82, 2.24) is 10.6 Å². The van der Waals surface area contributed by atoms with Crippen LogP contribution in [0.1, 0.15) is 11.1 Å². The second-order valence-corrected chi connectivity index (χ2v) is 5.30. The highest BCUT2D eigenvalue weighted by Gasteiger charge is 2.22. The van der Waals surface area contributed by atoms with Crippen LogP contribution in [0.5, 0.6) is 11.5 Å². The first-order valence-electron chi connectivity index (χ1n) is 7.44. The minimum absolute atomic E-state index is 0.153. The normalized spacial score (nSPS) is 15.0. The first-order chi connectivity index (χ1) is 12.0. The molecule has 1 aliphatic rings. The molecule has 1 heterocycles. The van der Waals surface area contributed by atoms with E-state index < -0.39 is 11.9 Å². The van der Waals surface area contributed by atoms with Crippen molar-refractivity contribution in [2.24, 2.45) is 0 Å². The van der Waals surface area contributed by atoms with Crippen LogP contribution in [0, 0.1) is 5.82 Å². The maximum atomic E-state index is 13.2. The van der Waals surface area contributed by atoms with Crippen LogP contribution >= 0.6 is 0 Å². The minimum Gasteiger partial charge on any atom is -0.493 e. The number of halogens is 1. The maximum absolute atomic E-state index is 13.2. The Hall–Kier alpha value is -3.35. The molecular weight excluding hydrogens is 327 g/mol. The molecule has 3 rings (SSSR count). The number of carbonyl (C=O) groups excluding carboxylic acids is 2. The van der Waals surface area contributed by atoms with Gasteiger partial charge in [0.15, 0.2) is 11.5 Å². The third-order valence-electron chi connectivity index (χ3n) is 3.50. The van der Waals surface area contributed by atoms with Gasteiger partial charge in [0.2, 0.25) is 0 Å². The van der Waals surface area contributed by atoms with Gasteiger partial charge in [0, 0.05) is 0 Å². The van der Waals surface area contributed by atoms with Crippen LogP contribution in [0.15, 0.2) is 48.2 Å². The Morgan fingerprint density at radius 2 is 1.92 bits per heavy atom. The number of carbonyl (C=O) groups is 2. The van der Waals surface area contributed by atoms with Gasteiger partial charge in [0.1, 0.15) is 18.1 Å². The van der Waals surface area contributed by atoms with E-state index in [9.17, 15) is 14.0 Å². The van der Waals surface area contributed by atoms with Gasteiger partial charge in [0.25, 0.3) is 5.91 Å². The Morgan fingerprint density at radius 3 is 2.60 bits per heavy atom. The zero-order valence-corrected chi connectivity index (χ0v) is 13.3. The van der Waals surface area contributed by atoms with Crippen molar-refractivity contribution >= 4 is 18.0 Å². The highest BCUT2D eigenvalue weighted by molar-refractivity contribution is 6.14. The fourth-order valence-electron chi connectivity index (χ4n) is 2.33. The fourth-order valence-corrected chi connectivity index (χ4v) is 2.33. The summed E-state index contributed by atoms with van der Waals surface area (Å²) in [7, 11) is 1.49. The summed E-state index contributed by atoms with van der Waals surface area (Å²) < 4.78 is 24.2. The fraction of sp³-hybridized carbons (Fsp3) is 0.111. The number of urea groups is 1. The summed E-state index contributed by atoms with van der Waals surface area (Å²) in [4.78, 5) is 22.7. The molecular formula is C18H15FN2O4. The molecule has 0 aromatic heterocycles. The van der Waals surface area contributed by atoms with E-state index in [0.717, 1.165) is 0 Å². The van der Waals surface area contributed by atoms with E-state index in [1.165, 1.54) is 25.3 Å². The van der Waals surface area contributed by atoms with E-state index in [1.54, 1.807) is 30.3 Å². The summed E-state index contributed by atoms with van der Waals surface area (Å²) in [6, 6.07) is 10.6. The van der Waals surface area contributed by atoms with Crippen LogP contribution in [-0.4, -0.2) is 19.0 Å². The molecule has 128 valence electrons. The van der Waals surface area contributed by atoms with Crippen molar-refractivity contribution in [3.8, 4) is 11.5 Å². The van der Waals surface area contributed by atoms with Crippen molar-refractivity contribution in [2.75, 3.05) is 7.11 Å². The van der Waals surface area contributed by atoms with Crippen LogP contribution in [0.25, 0.3) is 6.08 Å². The highest BCUT2D eigenvalue weighted by atomic mass is 19.1. The zero-order valence-electron chi connectivity index (χ0n) is 13.3. The lowest BCUT2D eigenvalue weighted by molar-refractivity contribution is -0.115.